The van der Waals surface area contributed by atoms with Crippen LogP contribution in [0.3, 0.4) is 0 Å². The molecule has 0 bridgehead atoms. The maximum Gasteiger partial charge on any atom is 0.262 e. The summed E-state index contributed by atoms with van der Waals surface area (Å²) in [4.78, 5) is 19.7. The first-order valence-corrected chi connectivity index (χ1v) is 7.59. The standard InChI is InChI=1S/C16H17N5O2/c17-11-3-1-2-10(6-11)7-14-19-15-13(16(22)20-14)8-18-21(15)12-4-5-23-9-12/h1-3,6,8,12H,4-5,7,9,17H2,(H,19,20,22). The van der Waals surface area contributed by atoms with E-state index in [1.807, 2.05) is 24.3 Å². The van der Waals surface area contributed by atoms with Gasteiger partial charge in [0, 0.05) is 18.7 Å². The Balaban J connectivity index is 1.75. The summed E-state index contributed by atoms with van der Waals surface area (Å²) in [6, 6.07) is 7.70. The largest absolute Gasteiger partial charge is 0.399 e. The van der Waals surface area contributed by atoms with Crippen molar-refractivity contribution in [2.75, 3.05) is 18.9 Å². The number of hydrogen-bond acceptors (Lipinski definition) is 5. The number of fused-ring (bicyclic) bond motifs is 1. The third-order valence-electron chi connectivity index (χ3n) is 4.09. The third kappa shape index (κ3) is 2.59. The molecule has 3 heterocycles. The molecule has 1 atom stereocenters. The van der Waals surface area contributed by atoms with Gasteiger partial charge in [-0.2, -0.15) is 5.10 Å². The summed E-state index contributed by atoms with van der Waals surface area (Å²) in [7, 11) is 0. The number of aromatic nitrogens is 4. The van der Waals surface area contributed by atoms with Crippen LogP contribution < -0.4 is 11.3 Å². The highest BCUT2D eigenvalue weighted by atomic mass is 16.5. The first kappa shape index (κ1) is 14.0. The van der Waals surface area contributed by atoms with E-state index in [4.69, 9.17) is 10.5 Å². The molecule has 0 amide bonds. The van der Waals surface area contributed by atoms with Gasteiger partial charge in [0.05, 0.1) is 18.8 Å². The van der Waals surface area contributed by atoms with Gasteiger partial charge in [-0.1, -0.05) is 12.1 Å². The van der Waals surface area contributed by atoms with Gasteiger partial charge >= 0.3 is 0 Å². The number of nitrogen functional groups attached to an aromatic ring is 1. The maximum atomic E-state index is 12.3. The van der Waals surface area contributed by atoms with Gasteiger partial charge in [0.1, 0.15) is 11.2 Å². The van der Waals surface area contributed by atoms with Crippen molar-refractivity contribution in [1.29, 1.82) is 0 Å². The minimum absolute atomic E-state index is 0.141. The smallest absolute Gasteiger partial charge is 0.262 e. The van der Waals surface area contributed by atoms with E-state index in [2.05, 4.69) is 15.1 Å². The van der Waals surface area contributed by atoms with Crippen molar-refractivity contribution in [3.8, 4) is 0 Å². The van der Waals surface area contributed by atoms with Gasteiger partial charge in [0.2, 0.25) is 0 Å². The Hall–Kier alpha value is -2.67. The molecule has 1 saturated heterocycles. The SMILES string of the molecule is Nc1cccc(Cc2nc3c(cnn3C3CCOC3)c(=O)[nH]2)c1. The van der Waals surface area contributed by atoms with Gasteiger partial charge in [-0.3, -0.25) is 4.79 Å². The summed E-state index contributed by atoms with van der Waals surface area (Å²) in [6.45, 7) is 1.32. The molecule has 3 N–H and O–H groups in total. The molecular formula is C16H17N5O2. The summed E-state index contributed by atoms with van der Waals surface area (Å²) in [5.41, 5.74) is 7.95. The van der Waals surface area contributed by atoms with E-state index < -0.39 is 0 Å². The van der Waals surface area contributed by atoms with Crippen molar-refractivity contribution in [2.45, 2.75) is 18.9 Å². The van der Waals surface area contributed by atoms with Crippen molar-refractivity contribution >= 4 is 16.7 Å². The van der Waals surface area contributed by atoms with Crippen LogP contribution >= 0.6 is 0 Å². The lowest BCUT2D eigenvalue weighted by Crippen LogP contribution is -2.15. The molecule has 7 nitrogen and oxygen atoms in total. The van der Waals surface area contributed by atoms with Gasteiger partial charge in [-0.15, -0.1) is 0 Å². The fraction of sp³-hybridized carbons (Fsp3) is 0.312. The van der Waals surface area contributed by atoms with Crippen LogP contribution in [-0.2, 0) is 11.2 Å². The summed E-state index contributed by atoms with van der Waals surface area (Å²) >= 11 is 0. The Morgan fingerprint density at radius 1 is 1.43 bits per heavy atom. The average Bonchev–Trinajstić information content (AvgIpc) is 3.15. The Morgan fingerprint density at radius 3 is 3.13 bits per heavy atom. The first-order valence-electron chi connectivity index (χ1n) is 7.59. The fourth-order valence-corrected chi connectivity index (χ4v) is 2.94. The van der Waals surface area contributed by atoms with Gasteiger partial charge in [0.15, 0.2) is 5.65 Å². The van der Waals surface area contributed by atoms with E-state index in [1.54, 1.807) is 10.9 Å². The second-order valence-corrected chi connectivity index (χ2v) is 5.78. The number of nitrogens with one attached hydrogen (secondary N) is 1. The molecule has 1 fully saturated rings. The lowest BCUT2D eigenvalue weighted by atomic mass is 10.1. The quantitative estimate of drug-likeness (QED) is 0.709. The predicted octanol–water partition coefficient (Wildman–Crippen LogP) is 1.25. The van der Waals surface area contributed by atoms with Crippen LogP contribution in [-0.4, -0.2) is 33.0 Å². The van der Waals surface area contributed by atoms with Crippen LogP contribution in [0.25, 0.3) is 11.0 Å². The summed E-state index contributed by atoms with van der Waals surface area (Å²) in [6.07, 6.45) is 2.97. The number of rotatable bonds is 3. The Bertz CT molecular complexity index is 908. The third-order valence-corrected chi connectivity index (χ3v) is 4.09. The van der Waals surface area contributed by atoms with Crippen LogP contribution in [0.4, 0.5) is 5.69 Å². The molecule has 1 aliphatic rings. The number of anilines is 1. The molecule has 0 spiro atoms. The second-order valence-electron chi connectivity index (χ2n) is 5.78. The molecular weight excluding hydrogens is 294 g/mol. The number of aromatic amines is 1. The topological polar surface area (TPSA) is 98.8 Å². The normalized spacial score (nSPS) is 17.8. The maximum absolute atomic E-state index is 12.3. The number of benzene rings is 1. The molecule has 2 aromatic heterocycles. The van der Waals surface area contributed by atoms with E-state index in [-0.39, 0.29) is 11.6 Å². The minimum Gasteiger partial charge on any atom is -0.399 e. The van der Waals surface area contributed by atoms with Crippen molar-refractivity contribution < 1.29 is 4.74 Å². The molecule has 1 unspecified atom stereocenters. The van der Waals surface area contributed by atoms with Crippen molar-refractivity contribution in [2.24, 2.45) is 0 Å². The van der Waals surface area contributed by atoms with Crippen molar-refractivity contribution in [3.05, 3.63) is 52.2 Å². The van der Waals surface area contributed by atoms with Crippen molar-refractivity contribution in [1.82, 2.24) is 19.7 Å². The lowest BCUT2D eigenvalue weighted by Gasteiger charge is -2.09. The van der Waals surface area contributed by atoms with Crippen LogP contribution in [0.2, 0.25) is 0 Å². The molecule has 1 aromatic carbocycles. The van der Waals surface area contributed by atoms with E-state index in [0.29, 0.717) is 42.2 Å². The Kier molecular flexibility index (Phi) is 3.34. The number of nitrogens with two attached hydrogens (primary N) is 1. The zero-order chi connectivity index (χ0) is 15.8. The second kappa shape index (κ2) is 5.51. The molecule has 7 heteroatoms. The fourth-order valence-electron chi connectivity index (χ4n) is 2.94. The van der Waals surface area contributed by atoms with E-state index in [0.717, 1.165) is 12.0 Å². The summed E-state index contributed by atoms with van der Waals surface area (Å²) < 4.78 is 7.22. The number of nitrogens with zero attached hydrogens (tertiary/aromatic N) is 3. The number of ether oxygens (including phenoxy) is 1. The Labute approximate surface area is 132 Å². The van der Waals surface area contributed by atoms with Gasteiger partial charge in [0.25, 0.3) is 5.56 Å². The average molecular weight is 311 g/mol. The number of H-pyrrole nitrogens is 1. The molecule has 118 valence electrons. The first-order chi connectivity index (χ1) is 11.2. The van der Waals surface area contributed by atoms with E-state index in [9.17, 15) is 4.79 Å². The van der Waals surface area contributed by atoms with Crippen LogP contribution in [0, 0.1) is 0 Å². The molecule has 0 saturated carbocycles. The molecule has 4 rings (SSSR count). The van der Waals surface area contributed by atoms with Crippen LogP contribution in [0.1, 0.15) is 23.9 Å². The van der Waals surface area contributed by atoms with E-state index in [1.165, 1.54) is 0 Å². The highest BCUT2D eigenvalue weighted by Crippen LogP contribution is 2.21. The predicted molar refractivity (Wildman–Crippen MR) is 86.3 cm³/mol. The highest BCUT2D eigenvalue weighted by molar-refractivity contribution is 5.73. The van der Waals surface area contributed by atoms with Crippen LogP contribution in [0.5, 0.6) is 0 Å². The molecule has 1 aliphatic heterocycles. The highest BCUT2D eigenvalue weighted by Gasteiger charge is 2.22. The van der Waals surface area contributed by atoms with Gasteiger partial charge < -0.3 is 15.5 Å². The van der Waals surface area contributed by atoms with E-state index >= 15 is 0 Å². The molecule has 23 heavy (non-hydrogen) atoms. The zero-order valence-electron chi connectivity index (χ0n) is 12.5. The summed E-state index contributed by atoms with van der Waals surface area (Å²) in [5, 5.41) is 4.84. The van der Waals surface area contributed by atoms with Gasteiger partial charge in [-0.05, 0) is 24.1 Å². The zero-order valence-corrected chi connectivity index (χ0v) is 12.5. The van der Waals surface area contributed by atoms with Crippen molar-refractivity contribution in [3.63, 3.8) is 0 Å². The summed E-state index contributed by atoms with van der Waals surface area (Å²) in [5.74, 6) is 0.605. The Morgan fingerprint density at radius 2 is 2.35 bits per heavy atom. The molecule has 3 aromatic rings. The number of hydrogen-bond donors (Lipinski definition) is 2. The van der Waals surface area contributed by atoms with Gasteiger partial charge in [-0.25, -0.2) is 9.67 Å². The lowest BCUT2D eigenvalue weighted by molar-refractivity contribution is 0.185. The molecule has 0 radical (unpaired) electrons. The monoisotopic (exact) mass is 311 g/mol. The minimum atomic E-state index is -0.168. The van der Waals surface area contributed by atoms with Crippen LogP contribution in [0.15, 0.2) is 35.3 Å². The molecule has 0 aliphatic carbocycles.